The Morgan fingerprint density at radius 3 is 2.52 bits per heavy atom. The van der Waals surface area contributed by atoms with Gasteiger partial charge in [0.15, 0.2) is 5.96 Å². The molecule has 0 saturated carbocycles. The molecule has 0 aromatic rings. The topological polar surface area (TPSA) is 54.9 Å². The molecule has 0 aliphatic carbocycles. The van der Waals surface area contributed by atoms with Crippen LogP contribution in [0, 0.1) is 11.8 Å². The van der Waals surface area contributed by atoms with E-state index >= 15 is 0 Å². The second-order valence-electron chi connectivity index (χ2n) is 7.35. The molecule has 1 heterocycles. The fourth-order valence-corrected chi connectivity index (χ4v) is 2.88. The molecule has 0 aromatic heterocycles. The molecule has 1 aliphatic rings. The van der Waals surface area contributed by atoms with Crippen LogP contribution >= 0.6 is 24.0 Å². The Hall–Kier alpha value is -0.0800. The molecule has 1 atom stereocenters. The Balaban J connectivity index is 0.00000576. The highest BCUT2D eigenvalue weighted by Gasteiger charge is 2.13. The van der Waals surface area contributed by atoms with E-state index in [0.29, 0.717) is 12.0 Å². The maximum Gasteiger partial charge on any atom is 0.191 e. The van der Waals surface area contributed by atoms with Crippen molar-refractivity contribution in [2.24, 2.45) is 16.8 Å². The Labute approximate surface area is 172 Å². The quantitative estimate of drug-likeness (QED) is 0.209. The van der Waals surface area contributed by atoms with Gasteiger partial charge in [-0.1, -0.05) is 26.7 Å². The van der Waals surface area contributed by atoms with Gasteiger partial charge in [0.25, 0.3) is 0 Å². The van der Waals surface area contributed by atoms with Gasteiger partial charge in [-0.25, -0.2) is 0 Å². The first kappa shape index (κ1) is 24.9. The number of guanidine groups is 1. The van der Waals surface area contributed by atoms with Crippen LogP contribution in [-0.4, -0.2) is 52.0 Å². The molecular weight excluding hydrogens is 429 g/mol. The highest BCUT2D eigenvalue weighted by Crippen LogP contribution is 2.14. The molecule has 25 heavy (non-hydrogen) atoms. The fraction of sp³-hybridized carbons (Fsp3) is 0.947. The third-order valence-electron chi connectivity index (χ3n) is 4.48. The molecule has 2 N–H and O–H groups in total. The van der Waals surface area contributed by atoms with Crippen molar-refractivity contribution in [2.75, 3.05) is 40.0 Å². The highest BCUT2D eigenvalue weighted by atomic mass is 127. The highest BCUT2D eigenvalue weighted by molar-refractivity contribution is 14.0. The van der Waals surface area contributed by atoms with Gasteiger partial charge >= 0.3 is 0 Å². The SMILES string of the molecule is CN=C(NCCCOCC1CCOCC1)NC(C)CCCC(C)C.I. The van der Waals surface area contributed by atoms with Gasteiger partial charge in [-0.3, -0.25) is 4.99 Å². The minimum Gasteiger partial charge on any atom is -0.381 e. The van der Waals surface area contributed by atoms with Gasteiger partial charge in [-0.05, 0) is 44.4 Å². The molecule has 0 bridgehead atoms. The second-order valence-corrected chi connectivity index (χ2v) is 7.35. The van der Waals surface area contributed by atoms with E-state index in [-0.39, 0.29) is 24.0 Å². The Morgan fingerprint density at radius 2 is 1.88 bits per heavy atom. The molecular formula is C19H40IN3O2. The summed E-state index contributed by atoms with van der Waals surface area (Å²) in [4.78, 5) is 4.30. The van der Waals surface area contributed by atoms with Crippen LogP contribution in [0.15, 0.2) is 4.99 Å². The lowest BCUT2D eigenvalue weighted by Gasteiger charge is -2.22. The minimum absolute atomic E-state index is 0. The predicted octanol–water partition coefficient (Wildman–Crippen LogP) is 3.82. The normalized spacial score (nSPS) is 17.2. The van der Waals surface area contributed by atoms with E-state index in [4.69, 9.17) is 9.47 Å². The first-order valence-corrected chi connectivity index (χ1v) is 9.74. The summed E-state index contributed by atoms with van der Waals surface area (Å²) in [6, 6.07) is 0.458. The molecule has 1 unspecified atom stereocenters. The molecule has 0 radical (unpaired) electrons. The average molecular weight is 469 g/mol. The number of nitrogens with one attached hydrogen (secondary N) is 2. The standard InChI is InChI=1S/C19H39N3O2.HI/c1-16(2)7-5-8-17(3)22-19(20-4)21-11-6-12-24-15-18-9-13-23-14-10-18;/h16-18H,5-15H2,1-4H3,(H2,20,21,22);1H. The van der Waals surface area contributed by atoms with Crippen LogP contribution < -0.4 is 10.6 Å². The summed E-state index contributed by atoms with van der Waals surface area (Å²) in [6.07, 6.45) is 7.04. The zero-order valence-corrected chi connectivity index (χ0v) is 19.0. The Bertz CT molecular complexity index is 335. The zero-order valence-electron chi connectivity index (χ0n) is 16.7. The second kappa shape index (κ2) is 16.1. The van der Waals surface area contributed by atoms with E-state index in [2.05, 4.69) is 36.4 Å². The summed E-state index contributed by atoms with van der Waals surface area (Å²) in [7, 11) is 1.83. The van der Waals surface area contributed by atoms with Crippen LogP contribution in [0.1, 0.15) is 59.3 Å². The fourth-order valence-electron chi connectivity index (χ4n) is 2.88. The molecule has 1 rings (SSSR count). The van der Waals surface area contributed by atoms with Gasteiger partial charge in [0, 0.05) is 46.1 Å². The van der Waals surface area contributed by atoms with Crippen molar-refractivity contribution >= 4 is 29.9 Å². The molecule has 150 valence electrons. The van der Waals surface area contributed by atoms with Crippen molar-refractivity contribution in [2.45, 2.75) is 65.3 Å². The van der Waals surface area contributed by atoms with E-state index in [1.807, 2.05) is 7.05 Å². The maximum absolute atomic E-state index is 5.79. The largest absolute Gasteiger partial charge is 0.381 e. The van der Waals surface area contributed by atoms with Crippen molar-refractivity contribution < 1.29 is 9.47 Å². The van der Waals surface area contributed by atoms with Crippen molar-refractivity contribution in [1.29, 1.82) is 0 Å². The van der Waals surface area contributed by atoms with Crippen LogP contribution in [0.25, 0.3) is 0 Å². The lowest BCUT2D eigenvalue weighted by atomic mass is 10.0. The number of aliphatic imine (C=N–C) groups is 1. The summed E-state index contributed by atoms with van der Waals surface area (Å²) in [5.74, 6) is 2.38. The molecule has 0 spiro atoms. The van der Waals surface area contributed by atoms with Crippen molar-refractivity contribution in [1.82, 2.24) is 10.6 Å². The van der Waals surface area contributed by atoms with E-state index in [9.17, 15) is 0 Å². The molecule has 5 nitrogen and oxygen atoms in total. The third-order valence-corrected chi connectivity index (χ3v) is 4.48. The Morgan fingerprint density at radius 1 is 1.16 bits per heavy atom. The molecule has 0 amide bonds. The molecule has 1 saturated heterocycles. The monoisotopic (exact) mass is 469 g/mol. The summed E-state index contributed by atoms with van der Waals surface area (Å²) in [5.41, 5.74) is 0. The third kappa shape index (κ3) is 13.7. The van der Waals surface area contributed by atoms with E-state index in [1.54, 1.807) is 0 Å². The van der Waals surface area contributed by atoms with Gasteiger partial charge in [0.1, 0.15) is 0 Å². The van der Waals surface area contributed by atoms with Crippen molar-refractivity contribution in [3.63, 3.8) is 0 Å². The van der Waals surface area contributed by atoms with Crippen LogP contribution in [0.2, 0.25) is 0 Å². The van der Waals surface area contributed by atoms with Crippen molar-refractivity contribution in [3.05, 3.63) is 0 Å². The van der Waals surface area contributed by atoms with Gasteiger partial charge in [0.05, 0.1) is 0 Å². The molecule has 6 heteroatoms. The van der Waals surface area contributed by atoms with Crippen LogP contribution in [0.5, 0.6) is 0 Å². The smallest absolute Gasteiger partial charge is 0.191 e. The molecule has 0 aromatic carbocycles. The summed E-state index contributed by atoms with van der Waals surface area (Å²) < 4.78 is 11.2. The van der Waals surface area contributed by atoms with Crippen LogP contribution in [0.3, 0.4) is 0 Å². The maximum atomic E-state index is 5.79. The lowest BCUT2D eigenvalue weighted by Crippen LogP contribution is -2.42. The Kier molecular flexibility index (Phi) is 16.1. The van der Waals surface area contributed by atoms with Gasteiger partial charge in [0.2, 0.25) is 0 Å². The number of hydrogen-bond acceptors (Lipinski definition) is 3. The van der Waals surface area contributed by atoms with Gasteiger partial charge in [-0.15, -0.1) is 24.0 Å². The molecule has 1 aliphatic heterocycles. The summed E-state index contributed by atoms with van der Waals surface area (Å²) in [5, 5.41) is 6.84. The van der Waals surface area contributed by atoms with E-state index in [0.717, 1.165) is 64.1 Å². The van der Waals surface area contributed by atoms with Crippen LogP contribution in [-0.2, 0) is 9.47 Å². The lowest BCUT2D eigenvalue weighted by molar-refractivity contribution is 0.0203. The average Bonchev–Trinajstić information content (AvgIpc) is 2.57. The van der Waals surface area contributed by atoms with Crippen LogP contribution in [0.4, 0.5) is 0 Å². The predicted molar refractivity (Wildman–Crippen MR) is 117 cm³/mol. The van der Waals surface area contributed by atoms with E-state index in [1.165, 1.54) is 19.3 Å². The first-order chi connectivity index (χ1) is 11.6. The van der Waals surface area contributed by atoms with Gasteiger partial charge < -0.3 is 20.1 Å². The summed E-state index contributed by atoms with van der Waals surface area (Å²) >= 11 is 0. The van der Waals surface area contributed by atoms with E-state index < -0.39 is 0 Å². The zero-order chi connectivity index (χ0) is 17.6. The van der Waals surface area contributed by atoms with Gasteiger partial charge in [-0.2, -0.15) is 0 Å². The molecule has 1 fully saturated rings. The first-order valence-electron chi connectivity index (χ1n) is 9.74. The number of halogens is 1. The number of hydrogen-bond donors (Lipinski definition) is 2. The minimum atomic E-state index is 0. The van der Waals surface area contributed by atoms with Crippen molar-refractivity contribution in [3.8, 4) is 0 Å². The number of ether oxygens (including phenoxy) is 2. The number of nitrogens with zero attached hydrogens (tertiary/aromatic N) is 1. The number of rotatable bonds is 11. The summed E-state index contributed by atoms with van der Waals surface area (Å²) in [6.45, 7) is 11.2.